The van der Waals surface area contributed by atoms with Crippen molar-refractivity contribution in [3.05, 3.63) is 56.5 Å². The third kappa shape index (κ3) is 6.66. The zero-order valence-corrected chi connectivity index (χ0v) is 19.9. The molecule has 1 amide bonds. The highest BCUT2D eigenvalue weighted by Crippen LogP contribution is 2.29. The van der Waals surface area contributed by atoms with Gasteiger partial charge in [-0.25, -0.2) is 0 Å². The van der Waals surface area contributed by atoms with Crippen molar-refractivity contribution in [1.82, 2.24) is 10.2 Å². The topological polar surface area (TPSA) is 67.6 Å². The van der Waals surface area contributed by atoms with Crippen molar-refractivity contribution in [3.8, 4) is 5.75 Å². The van der Waals surface area contributed by atoms with E-state index in [-0.39, 0.29) is 5.91 Å². The zero-order chi connectivity index (χ0) is 22.4. The number of rotatable bonds is 8. The van der Waals surface area contributed by atoms with E-state index in [1.165, 1.54) is 12.7 Å². The van der Waals surface area contributed by atoms with Crippen LogP contribution in [-0.4, -0.2) is 44.1 Å². The summed E-state index contributed by atoms with van der Waals surface area (Å²) in [6.07, 6.45) is 4.19. The van der Waals surface area contributed by atoms with Gasteiger partial charge in [-0.15, -0.1) is 0 Å². The number of carbonyl (C=O) groups is 1. The van der Waals surface area contributed by atoms with Crippen molar-refractivity contribution in [2.75, 3.05) is 39.0 Å². The first kappa shape index (κ1) is 24.0. The lowest BCUT2D eigenvalue weighted by atomic mass is 9.96. The number of ether oxygens (including phenoxy) is 1. The predicted octanol–water partition coefficient (Wildman–Crippen LogP) is 5.31. The summed E-state index contributed by atoms with van der Waals surface area (Å²) in [5.74, 6) is 0.698. The quantitative estimate of drug-likeness (QED) is 0.498. The van der Waals surface area contributed by atoms with Crippen molar-refractivity contribution >= 4 is 46.4 Å². The molecule has 1 fully saturated rings. The van der Waals surface area contributed by atoms with Gasteiger partial charge in [0, 0.05) is 12.6 Å². The minimum atomic E-state index is -0.190. The molecule has 0 atom stereocenters. The first-order valence-electron chi connectivity index (χ1n) is 10.4. The summed E-state index contributed by atoms with van der Waals surface area (Å²) in [6, 6.07) is 8.97. The Balaban J connectivity index is 1.39. The van der Waals surface area contributed by atoms with Gasteiger partial charge in [0.15, 0.2) is 0 Å². The van der Waals surface area contributed by atoms with Crippen LogP contribution in [0.3, 0.4) is 0 Å². The molecule has 1 heterocycles. The number of anilines is 1. The summed E-state index contributed by atoms with van der Waals surface area (Å²) in [5.41, 5.74) is 7.82. The molecule has 0 bridgehead atoms. The molecule has 0 spiro atoms. The van der Waals surface area contributed by atoms with Crippen LogP contribution in [0.1, 0.15) is 35.2 Å². The molecule has 31 heavy (non-hydrogen) atoms. The lowest BCUT2D eigenvalue weighted by Crippen LogP contribution is -2.39. The van der Waals surface area contributed by atoms with Crippen LogP contribution in [0, 0.1) is 5.92 Å². The fraction of sp³-hybridized carbons (Fsp3) is 0.435. The minimum absolute atomic E-state index is 0.190. The Morgan fingerprint density at radius 2 is 1.87 bits per heavy atom. The number of hydrogen-bond donors (Lipinski definition) is 2. The van der Waals surface area contributed by atoms with Gasteiger partial charge in [0.2, 0.25) is 0 Å². The van der Waals surface area contributed by atoms with E-state index in [0.717, 1.165) is 45.3 Å². The molecule has 2 aromatic rings. The third-order valence-electron chi connectivity index (χ3n) is 5.75. The number of nitrogens with one attached hydrogen (secondary N) is 1. The Labute approximate surface area is 198 Å². The maximum Gasteiger partial charge on any atom is 0.255 e. The van der Waals surface area contributed by atoms with Crippen molar-refractivity contribution in [2.24, 2.45) is 5.92 Å². The van der Waals surface area contributed by atoms with E-state index in [0.29, 0.717) is 44.5 Å². The highest BCUT2D eigenvalue weighted by molar-refractivity contribution is 6.42. The molecule has 5 nitrogen and oxygen atoms in total. The van der Waals surface area contributed by atoms with E-state index >= 15 is 0 Å². The zero-order valence-electron chi connectivity index (χ0n) is 17.6. The van der Waals surface area contributed by atoms with Gasteiger partial charge in [-0.3, -0.25) is 4.79 Å². The first-order chi connectivity index (χ1) is 14.9. The van der Waals surface area contributed by atoms with Crippen LogP contribution >= 0.6 is 34.8 Å². The van der Waals surface area contributed by atoms with Crippen molar-refractivity contribution in [1.29, 1.82) is 0 Å². The van der Waals surface area contributed by atoms with Crippen LogP contribution in [0.15, 0.2) is 30.3 Å². The number of nitrogens with zero attached hydrogens (tertiary/aromatic N) is 1. The van der Waals surface area contributed by atoms with E-state index < -0.39 is 0 Å². The maximum atomic E-state index is 12.6. The van der Waals surface area contributed by atoms with Crippen LogP contribution < -0.4 is 15.8 Å². The maximum absolute atomic E-state index is 12.6. The average molecular weight is 485 g/mol. The summed E-state index contributed by atoms with van der Waals surface area (Å²) in [6.45, 7) is 3.78. The Morgan fingerprint density at radius 3 is 2.55 bits per heavy atom. The van der Waals surface area contributed by atoms with Crippen LogP contribution in [0.2, 0.25) is 15.1 Å². The Bertz CT molecular complexity index is 915. The molecular weight excluding hydrogens is 457 g/mol. The normalized spacial score (nSPS) is 15.1. The number of methoxy groups -OCH3 is 1. The van der Waals surface area contributed by atoms with E-state index in [4.69, 9.17) is 45.3 Å². The second-order valence-corrected chi connectivity index (χ2v) is 9.14. The molecule has 0 aromatic heterocycles. The highest BCUT2D eigenvalue weighted by Gasteiger charge is 2.21. The third-order valence-corrected chi connectivity index (χ3v) is 6.81. The molecule has 0 unspecified atom stereocenters. The smallest absolute Gasteiger partial charge is 0.255 e. The molecule has 3 N–H and O–H groups in total. The van der Waals surface area contributed by atoms with Gasteiger partial charge in [0.05, 0.1) is 33.4 Å². The fourth-order valence-electron chi connectivity index (χ4n) is 3.87. The summed E-state index contributed by atoms with van der Waals surface area (Å²) in [5, 5.41) is 4.60. The summed E-state index contributed by atoms with van der Waals surface area (Å²) in [4.78, 5) is 15.1. The van der Waals surface area contributed by atoms with Crippen molar-refractivity contribution in [3.63, 3.8) is 0 Å². The molecule has 3 rings (SSSR count). The molecule has 0 saturated carbocycles. The van der Waals surface area contributed by atoms with E-state index in [1.54, 1.807) is 12.1 Å². The SMILES string of the molecule is COc1cc(Cl)c(N)cc1C(=O)NCC1CCN(CCCc2ccc(Cl)c(Cl)c2)CC1. The average Bonchev–Trinajstić information content (AvgIpc) is 2.77. The lowest BCUT2D eigenvalue weighted by molar-refractivity contribution is 0.0933. The number of aryl methyl sites for hydroxylation is 1. The van der Waals surface area contributed by atoms with Gasteiger partial charge in [-0.05, 0) is 75.0 Å². The molecule has 168 valence electrons. The van der Waals surface area contributed by atoms with E-state index in [1.807, 2.05) is 18.2 Å². The summed E-state index contributed by atoms with van der Waals surface area (Å²) >= 11 is 18.1. The lowest BCUT2D eigenvalue weighted by Gasteiger charge is -2.32. The van der Waals surface area contributed by atoms with E-state index in [9.17, 15) is 4.79 Å². The monoisotopic (exact) mass is 483 g/mol. The number of piperidine rings is 1. The fourth-order valence-corrected chi connectivity index (χ4v) is 4.34. The van der Waals surface area contributed by atoms with Crippen molar-refractivity contribution in [2.45, 2.75) is 25.7 Å². The molecule has 0 aliphatic carbocycles. The minimum Gasteiger partial charge on any atom is -0.496 e. The van der Waals surface area contributed by atoms with Gasteiger partial charge >= 0.3 is 0 Å². The molecule has 0 radical (unpaired) electrons. The second-order valence-electron chi connectivity index (χ2n) is 7.92. The van der Waals surface area contributed by atoms with Gasteiger partial charge < -0.3 is 20.7 Å². The number of benzene rings is 2. The number of halogens is 3. The van der Waals surface area contributed by atoms with Gasteiger partial charge in [0.25, 0.3) is 5.91 Å². The second kappa shape index (κ2) is 11.3. The molecule has 2 aromatic carbocycles. The predicted molar refractivity (Wildman–Crippen MR) is 129 cm³/mol. The highest BCUT2D eigenvalue weighted by atomic mass is 35.5. The Morgan fingerprint density at radius 1 is 1.13 bits per heavy atom. The van der Waals surface area contributed by atoms with Gasteiger partial charge in [-0.2, -0.15) is 0 Å². The standard InChI is InChI=1S/C23H28Cl3N3O2/c1-31-22-13-20(26)21(27)12-17(22)23(30)28-14-16-6-9-29(10-7-16)8-2-3-15-4-5-18(24)19(25)11-15/h4-5,11-13,16H,2-3,6-10,14,27H2,1H3,(H,28,30). The number of nitrogen functional groups attached to an aromatic ring is 1. The van der Waals surface area contributed by atoms with E-state index in [2.05, 4.69) is 10.2 Å². The Hall–Kier alpha value is -1.66. The van der Waals surface area contributed by atoms with Crippen LogP contribution in [0.5, 0.6) is 5.75 Å². The van der Waals surface area contributed by atoms with Crippen LogP contribution in [-0.2, 0) is 6.42 Å². The van der Waals surface area contributed by atoms with Crippen LogP contribution in [0.4, 0.5) is 5.69 Å². The van der Waals surface area contributed by atoms with Crippen molar-refractivity contribution < 1.29 is 9.53 Å². The molecule has 1 aliphatic rings. The number of amides is 1. The molecular formula is C23H28Cl3N3O2. The first-order valence-corrected chi connectivity index (χ1v) is 11.6. The number of nitrogens with two attached hydrogens (primary N) is 1. The Kier molecular flexibility index (Phi) is 8.73. The van der Waals surface area contributed by atoms with Gasteiger partial charge in [-0.1, -0.05) is 40.9 Å². The molecule has 1 aliphatic heterocycles. The molecule has 1 saturated heterocycles. The van der Waals surface area contributed by atoms with Gasteiger partial charge in [0.1, 0.15) is 5.75 Å². The number of likely N-dealkylation sites (tertiary alicyclic amines) is 1. The van der Waals surface area contributed by atoms with Crippen LogP contribution in [0.25, 0.3) is 0 Å². The largest absolute Gasteiger partial charge is 0.496 e. The number of carbonyl (C=O) groups excluding carboxylic acids is 1. The summed E-state index contributed by atoms with van der Waals surface area (Å²) < 4.78 is 5.27. The molecule has 8 heteroatoms. The number of hydrogen-bond acceptors (Lipinski definition) is 4. The summed E-state index contributed by atoms with van der Waals surface area (Å²) in [7, 11) is 1.51.